The van der Waals surface area contributed by atoms with Gasteiger partial charge in [-0.2, -0.15) is 0 Å². The highest BCUT2D eigenvalue weighted by Gasteiger charge is 2.32. The number of ether oxygens (including phenoxy) is 2. The molecule has 4 nitrogen and oxygen atoms in total. The molecular formula is C14H21NO3. The molecule has 1 saturated heterocycles. The first-order valence-electron chi connectivity index (χ1n) is 6.42. The maximum atomic E-state index is 9.24. The lowest BCUT2D eigenvalue weighted by Gasteiger charge is -2.22. The van der Waals surface area contributed by atoms with Crippen LogP contribution in [0.3, 0.4) is 0 Å². The lowest BCUT2D eigenvalue weighted by atomic mass is 10.1. The third-order valence-electron chi connectivity index (χ3n) is 3.18. The quantitative estimate of drug-likeness (QED) is 0.866. The van der Waals surface area contributed by atoms with Crippen molar-refractivity contribution in [3.8, 4) is 5.75 Å². The van der Waals surface area contributed by atoms with Crippen LogP contribution < -0.4 is 4.74 Å². The molecule has 1 aliphatic heterocycles. The van der Waals surface area contributed by atoms with Crippen LogP contribution in [0.1, 0.15) is 25.1 Å². The zero-order valence-corrected chi connectivity index (χ0v) is 11.0. The van der Waals surface area contributed by atoms with Gasteiger partial charge in [-0.05, 0) is 24.1 Å². The van der Waals surface area contributed by atoms with E-state index in [4.69, 9.17) is 9.47 Å². The number of aliphatic hydroxyl groups excluding tert-OH is 1. The number of benzene rings is 1. The Labute approximate surface area is 108 Å². The van der Waals surface area contributed by atoms with Gasteiger partial charge in [-0.1, -0.05) is 19.1 Å². The van der Waals surface area contributed by atoms with E-state index >= 15 is 0 Å². The number of aliphatic hydroxyl groups is 1. The molecule has 0 amide bonds. The van der Waals surface area contributed by atoms with E-state index < -0.39 is 0 Å². The molecule has 0 spiro atoms. The standard InChI is InChI=1S/C14H21NO3/c1-3-7-15-9-13(10-16)18-14(15)11-5-4-6-12(8-11)17-2/h4-6,8,13-14,16H,3,7,9-10H2,1-2H3. The van der Waals surface area contributed by atoms with Gasteiger partial charge < -0.3 is 14.6 Å². The molecule has 100 valence electrons. The number of methoxy groups -OCH3 is 1. The SMILES string of the molecule is CCCN1CC(CO)OC1c1cccc(OC)c1. The zero-order chi connectivity index (χ0) is 13.0. The van der Waals surface area contributed by atoms with Crippen LogP contribution in [0, 0.1) is 0 Å². The summed E-state index contributed by atoms with van der Waals surface area (Å²) in [4.78, 5) is 2.26. The van der Waals surface area contributed by atoms with Crippen LogP contribution in [0.4, 0.5) is 0 Å². The van der Waals surface area contributed by atoms with Gasteiger partial charge in [0.25, 0.3) is 0 Å². The minimum Gasteiger partial charge on any atom is -0.497 e. The molecular weight excluding hydrogens is 230 g/mol. The third-order valence-corrected chi connectivity index (χ3v) is 3.18. The maximum absolute atomic E-state index is 9.24. The fraction of sp³-hybridized carbons (Fsp3) is 0.571. The van der Waals surface area contributed by atoms with E-state index in [1.54, 1.807) is 7.11 Å². The van der Waals surface area contributed by atoms with E-state index in [1.807, 2.05) is 24.3 Å². The molecule has 0 aromatic heterocycles. The van der Waals surface area contributed by atoms with Crippen molar-refractivity contribution in [2.24, 2.45) is 0 Å². The average Bonchev–Trinajstić information content (AvgIpc) is 2.82. The monoisotopic (exact) mass is 251 g/mol. The van der Waals surface area contributed by atoms with E-state index in [1.165, 1.54) is 0 Å². The Morgan fingerprint density at radius 2 is 2.33 bits per heavy atom. The van der Waals surface area contributed by atoms with E-state index in [0.29, 0.717) is 0 Å². The second kappa shape index (κ2) is 6.18. The first-order chi connectivity index (χ1) is 8.78. The second-order valence-electron chi connectivity index (χ2n) is 4.56. The van der Waals surface area contributed by atoms with E-state index in [9.17, 15) is 5.11 Å². The van der Waals surface area contributed by atoms with Crippen LogP contribution >= 0.6 is 0 Å². The van der Waals surface area contributed by atoms with Gasteiger partial charge in [0.05, 0.1) is 19.8 Å². The minimum atomic E-state index is -0.0900. The maximum Gasteiger partial charge on any atom is 0.137 e. The summed E-state index contributed by atoms with van der Waals surface area (Å²) in [6.45, 7) is 3.97. The van der Waals surface area contributed by atoms with Crippen molar-refractivity contribution < 1.29 is 14.6 Å². The first-order valence-corrected chi connectivity index (χ1v) is 6.42. The Morgan fingerprint density at radius 1 is 1.50 bits per heavy atom. The summed E-state index contributed by atoms with van der Waals surface area (Å²) in [6, 6.07) is 7.92. The molecule has 1 aromatic rings. The normalized spacial score (nSPS) is 24.4. The highest BCUT2D eigenvalue weighted by molar-refractivity contribution is 5.30. The van der Waals surface area contributed by atoms with Crippen molar-refractivity contribution in [3.63, 3.8) is 0 Å². The van der Waals surface area contributed by atoms with Crippen molar-refractivity contribution in [1.29, 1.82) is 0 Å². The molecule has 0 radical (unpaired) electrons. The molecule has 1 heterocycles. The van der Waals surface area contributed by atoms with Crippen LogP contribution in [0.25, 0.3) is 0 Å². The predicted molar refractivity (Wildman–Crippen MR) is 69.6 cm³/mol. The Hall–Kier alpha value is -1.10. The Bertz CT molecular complexity index is 383. The topological polar surface area (TPSA) is 41.9 Å². The van der Waals surface area contributed by atoms with Gasteiger partial charge in [-0.15, -0.1) is 0 Å². The molecule has 4 heteroatoms. The summed E-state index contributed by atoms with van der Waals surface area (Å²) < 4.78 is 11.1. The second-order valence-corrected chi connectivity index (χ2v) is 4.56. The fourth-order valence-electron chi connectivity index (χ4n) is 2.35. The van der Waals surface area contributed by atoms with Crippen LogP contribution in [0.5, 0.6) is 5.75 Å². The van der Waals surface area contributed by atoms with Gasteiger partial charge in [0.15, 0.2) is 0 Å². The molecule has 18 heavy (non-hydrogen) atoms. The molecule has 2 rings (SSSR count). The Morgan fingerprint density at radius 3 is 3.00 bits per heavy atom. The van der Waals surface area contributed by atoms with Crippen LogP contribution in [-0.4, -0.2) is 42.9 Å². The smallest absolute Gasteiger partial charge is 0.137 e. The Balaban J connectivity index is 2.18. The molecule has 1 aliphatic rings. The van der Waals surface area contributed by atoms with Crippen LogP contribution in [0.2, 0.25) is 0 Å². The van der Waals surface area contributed by atoms with Crippen LogP contribution in [0.15, 0.2) is 24.3 Å². The molecule has 1 aromatic carbocycles. The van der Waals surface area contributed by atoms with Gasteiger partial charge in [-0.3, -0.25) is 4.90 Å². The van der Waals surface area contributed by atoms with Crippen molar-refractivity contribution in [1.82, 2.24) is 4.90 Å². The summed E-state index contributed by atoms with van der Waals surface area (Å²) in [7, 11) is 1.66. The van der Waals surface area contributed by atoms with E-state index in [0.717, 1.165) is 30.8 Å². The highest BCUT2D eigenvalue weighted by atomic mass is 16.5. The van der Waals surface area contributed by atoms with Crippen LogP contribution in [-0.2, 0) is 4.74 Å². The van der Waals surface area contributed by atoms with Gasteiger partial charge in [0, 0.05) is 13.1 Å². The Kier molecular flexibility index (Phi) is 4.58. The van der Waals surface area contributed by atoms with Gasteiger partial charge >= 0.3 is 0 Å². The van der Waals surface area contributed by atoms with Crippen molar-refractivity contribution in [2.45, 2.75) is 25.7 Å². The zero-order valence-electron chi connectivity index (χ0n) is 11.0. The van der Waals surface area contributed by atoms with Gasteiger partial charge in [0.2, 0.25) is 0 Å². The number of hydrogen-bond acceptors (Lipinski definition) is 4. The number of nitrogens with zero attached hydrogens (tertiary/aromatic N) is 1. The molecule has 0 saturated carbocycles. The van der Waals surface area contributed by atoms with E-state index in [-0.39, 0.29) is 18.9 Å². The summed E-state index contributed by atoms with van der Waals surface area (Å²) in [6.07, 6.45) is 0.909. The summed E-state index contributed by atoms with van der Waals surface area (Å²) in [5.74, 6) is 0.833. The molecule has 2 atom stereocenters. The van der Waals surface area contributed by atoms with Gasteiger partial charge in [-0.25, -0.2) is 0 Å². The van der Waals surface area contributed by atoms with Crippen molar-refractivity contribution >= 4 is 0 Å². The van der Waals surface area contributed by atoms with Crippen molar-refractivity contribution in [2.75, 3.05) is 26.8 Å². The molecule has 0 aliphatic carbocycles. The lowest BCUT2D eigenvalue weighted by Crippen LogP contribution is -2.26. The lowest BCUT2D eigenvalue weighted by molar-refractivity contribution is -0.0196. The van der Waals surface area contributed by atoms with E-state index in [2.05, 4.69) is 11.8 Å². The first kappa shape index (κ1) is 13.3. The summed E-state index contributed by atoms with van der Waals surface area (Å²) in [5, 5.41) is 9.24. The van der Waals surface area contributed by atoms with Gasteiger partial charge in [0.1, 0.15) is 12.0 Å². The molecule has 1 N–H and O–H groups in total. The third kappa shape index (κ3) is 2.83. The fourth-order valence-corrected chi connectivity index (χ4v) is 2.35. The predicted octanol–water partition coefficient (Wildman–Crippen LogP) is 1.80. The van der Waals surface area contributed by atoms with Crippen molar-refractivity contribution in [3.05, 3.63) is 29.8 Å². The average molecular weight is 251 g/mol. The largest absolute Gasteiger partial charge is 0.497 e. The molecule has 1 fully saturated rings. The molecule has 2 unspecified atom stereocenters. The summed E-state index contributed by atoms with van der Waals surface area (Å²) in [5.41, 5.74) is 1.08. The number of hydrogen-bond donors (Lipinski definition) is 1. The molecule has 0 bridgehead atoms. The number of rotatable bonds is 5. The summed E-state index contributed by atoms with van der Waals surface area (Å²) >= 11 is 0. The highest BCUT2D eigenvalue weighted by Crippen LogP contribution is 2.31. The minimum absolute atomic E-state index is 0.0701.